The summed E-state index contributed by atoms with van der Waals surface area (Å²) in [7, 11) is 0. The molecule has 0 aliphatic rings. The number of nitrogens with two attached hydrogens (primary N) is 1. The van der Waals surface area contributed by atoms with Crippen molar-refractivity contribution in [3.05, 3.63) is 58.1 Å². The van der Waals surface area contributed by atoms with Gasteiger partial charge in [-0.3, -0.25) is 9.59 Å². The lowest BCUT2D eigenvalue weighted by molar-refractivity contribution is -0.120. The summed E-state index contributed by atoms with van der Waals surface area (Å²) in [6.45, 7) is 1.46. The highest BCUT2D eigenvalue weighted by atomic mass is 35.5. The molecule has 2 amide bonds. The molecule has 2 aromatic carbocycles. The summed E-state index contributed by atoms with van der Waals surface area (Å²) in [6, 6.07) is 11.9. The third-order valence-corrected chi connectivity index (χ3v) is 3.89. The summed E-state index contributed by atoms with van der Waals surface area (Å²) < 4.78 is 0. The van der Waals surface area contributed by atoms with Gasteiger partial charge in [-0.1, -0.05) is 40.5 Å². The molecular formula is C18H18Cl2N4O3. The Hall–Kier alpha value is -2.77. The third kappa shape index (κ3) is 6.80. The number of halogens is 2. The monoisotopic (exact) mass is 408 g/mol. The number of aryl methyl sites for hydroxylation is 1. The van der Waals surface area contributed by atoms with E-state index in [2.05, 4.69) is 15.8 Å². The van der Waals surface area contributed by atoms with Crippen LogP contribution in [0.3, 0.4) is 0 Å². The van der Waals surface area contributed by atoms with Gasteiger partial charge in [0.2, 0.25) is 5.91 Å². The van der Waals surface area contributed by atoms with Crippen LogP contribution in [0.5, 0.6) is 0 Å². The molecule has 0 aliphatic carbocycles. The number of hydrogen-bond acceptors (Lipinski definition) is 4. The minimum absolute atomic E-state index is 0.0740. The molecule has 0 aliphatic heterocycles. The molecule has 0 heterocycles. The van der Waals surface area contributed by atoms with Crippen LogP contribution in [0.1, 0.15) is 12.0 Å². The van der Waals surface area contributed by atoms with E-state index in [0.717, 1.165) is 5.56 Å². The molecule has 4 N–H and O–H groups in total. The summed E-state index contributed by atoms with van der Waals surface area (Å²) >= 11 is 11.8. The Kier molecular flexibility index (Phi) is 7.45. The van der Waals surface area contributed by atoms with Gasteiger partial charge in [0.25, 0.3) is 5.91 Å². The van der Waals surface area contributed by atoms with Gasteiger partial charge in [0.05, 0.1) is 17.1 Å². The number of amidine groups is 1. The van der Waals surface area contributed by atoms with Crippen LogP contribution in [-0.2, 0) is 14.4 Å². The van der Waals surface area contributed by atoms with E-state index in [1.165, 1.54) is 0 Å². The van der Waals surface area contributed by atoms with Gasteiger partial charge in [-0.25, -0.2) is 0 Å². The first-order valence-corrected chi connectivity index (χ1v) is 8.65. The lowest BCUT2D eigenvalue weighted by atomic mass is 10.2. The molecule has 2 rings (SSSR count). The van der Waals surface area contributed by atoms with Crippen LogP contribution in [0.4, 0.5) is 11.4 Å². The quantitative estimate of drug-likeness (QED) is 0.369. The molecule has 0 radical (unpaired) electrons. The Morgan fingerprint density at radius 2 is 1.78 bits per heavy atom. The smallest absolute Gasteiger partial charge is 0.265 e. The van der Waals surface area contributed by atoms with Crippen LogP contribution < -0.4 is 16.4 Å². The van der Waals surface area contributed by atoms with Crippen molar-refractivity contribution >= 4 is 52.2 Å². The zero-order chi connectivity index (χ0) is 19.8. The van der Waals surface area contributed by atoms with Gasteiger partial charge in [-0.05, 0) is 42.8 Å². The van der Waals surface area contributed by atoms with Crippen molar-refractivity contribution < 1.29 is 14.4 Å². The van der Waals surface area contributed by atoms with E-state index in [0.29, 0.717) is 21.4 Å². The molecular weight excluding hydrogens is 391 g/mol. The molecule has 27 heavy (non-hydrogen) atoms. The zero-order valence-corrected chi connectivity index (χ0v) is 16.0. The number of para-hydroxylation sites is 1. The standard InChI is InChI=1S/C18H18Cl2N4O3/c1-11-8-12(19)6-7-14(11)22-18(26)10-27-24-16(21)9-17(25)23-15-5-3-2-4-13(15)20/h2-8H,9-10H2,1H3,(H2,21,24)(H,22,26)(H,23,25). The minimum Gasteiger partial charge on any atom is -0.384 e. The Balaban J connectivity index is 1.78. The normalized spacial score (nSPS) is 11.0. The number of benzene rings is 2. The van der Waals surface area contributed by atoms with Crippen LogP contribution in [0.25, 0.3) is 0 Å². The van der Waals surface area contributed by atoms with Crippen LogP contribution >= 0.6 is 23.2 Å². The van der Waals surface area contributed by atoms with Gasteiger partial charge in [-0.15, -0.1) is 0 Å². The lowest BCUT2D eigenvalue weighted by Gasteiger charge is -2.08. The summed E-state index contributed by atoms with van der Waals surface area (Å²) in [5, 5.41) is 9.82. The van der Waals surface area contributed by atoms with E-state index < -0.39 is 11.8 Å². The second kappa shape index (κ2) is 9.80. The van der Waals surface area contributed by atoms with E-state index in [-0.39, 0.29) is 18.9 Å². The van der Waals surface area contributed by atoms with Gasteiger partial charge >= 0.3 is 0 Å². The van der Waals surface area contributed by atoms with E-state index >= 15 is 0 Å². The molecule has 0 bridgehead atoms. The van der Waals surface area contributed by atoms with Gasteiger partial charge in [0, 0.05) is 10.7 Å². The number of amides is 2. The Bertz CT molecular complexity index is 871. The van der Waals surface area contributed by atoms with Crippen molar-refractivity contribution in [3.63, 3.8) is 0 Å². The van der Waals surface area contributed by atoms with Gasteiger partial charge in [0.15, 0.2) is 6.61 Å². The number of hydrogen-bond donors (Lipinski definition) is 3. The maximum absolute atomic E-state index is 11.9. The molecule has 0 spiro atoms. The zero-order valence-electron chi connectivity index (χ0n) is 14.5. The second-order valence-corrected chi connectivity index (χ2v) is 6.41. The summed E-state index contributed by atoms with van der Waals surface area (Å²) in [5.41, 5.74) is 7.53. The first kappa shape index (κ1) is 20.5. The third-order valence-electron chi connectivity index (χ3n) is 3.33. The van der Waals surface area contributed by atoms with Gasteiger partial charge in [-0.2, -0.15) is 0 Å². The molecule has 0 unspecified atom stereocenters. The number of rotatable bonds is 7. The molecule has 0 atom stereocenters. The Morgan fingerprint density at radius 3 is 2.48 bits per heavy atom. The topological polar surface area (TPSA) is 106 Å². The Labute approximate surface area is 166 Å². The van der Waals surface area contributed by atoms with E-state index in [4.69, 9.17) is 33.8 Å². The van der Waals surface area contributed by atoms with Crippen molar-refractivity contribution in [3.8, 4) is 0 Å². The fourth-order valence-corrected chi connectivity index (χ4v) is 2.49. The van der Waals surface area contributed by atoms with E-state index in [9.17, 15) is 9.59 Å². The predicted molar refractivity (Wildman–Crippen MR) is 107 cm³/mol. The predicted octanol–water partition coefficient (Wildman–Crippen LogP) is 3.56. The van der Waals surface area contributed by atoms with Crippen LogP contribution in [0.15, 0.2) is 47.6 Å². The van der Waals surface area contributed by atoms with Crippen LogP contribution in [0, 0.1) is 6.92 Å². The molecule has 0 saturated heterocycles. The van der Waals surface area contributed by atoms with Crippen LogP contribution in [-0.4, -0.2) is 24.3 Å². The first-order valence-electron chi connectivity index (χ1n) is 7.90. The van der Waals surface area contributed by atoms with Gasteiger partial charge in [0.1, 0.15) is 5.84 Å². The van der Waals surface area contributed by atoms with Crippen molar-refractivity contribution in [2.45, 2.75) is 13.3 Å². The highest BCUT2D eigenvalue weighted by Crippen LogP contribution is 2.20. The number of nitrogens with zero attached hydrogens (tertiary/aromatic N) is 1. The fraction of sp³-hybridized carbons (Fsp3) is 0.167. The van der Waals surface area contributed by atoms with Crippen molar-refractivity contribution in [1.29, 1.82) is 0 Å². The second-order valence-electron chi connectivity index (χ2n) is 5.57. The number of carbonyl (C=O) groups excluding carboxylic acids is 2. The number of carbonyl (C=O) groups is 2. The average Bonchev–Trinajstić information content (AvgIpc) is 2.59. The number of anilines is 2. The maximum Gasteiger partial charge on any atom is 0.265 e. The molecule has 0 aromatic heterocycles. The highest BCUT2D eigenvalue weighted by Gasteiger charge is 2.09. The van der Waals surface area contributed by atoms with Crippen molar-refractivity contribution in [2.75, 3.05) is 17.2 Å². The molecule has 9 heteroatoms. The van der Waals surface area contributed by atoms with Crippen molar-refractivity contribution in [2.24, 2.45) is 10.9 Å². The first-order chi connectivity index (χ1) is 12.8. The minimum atomic E-state index is -0.419. The Morgan fingerprint density at radius 1 is 1.07 bits per heavy atom. The molecule has 142 valence electrons. The fourth-order valence-electron chi connectivity index (χ4n) is 2.08. The molecule has 7 nitrogen and oxygen atoms in total. The van der Waals surface area contributed by atoms with Crippen molar-refractivity contribution in [1.82, 2.24) is 0 Å². The number of nitrogens with one attached hydrogen (secondary N) is 2. The summed E-state index contributed by atoms with van der Waals surface area (Å²) in [4.78, 5) is 28.6. The largest absolute Gasteiger partial charge is 0.384 e. The number of oxime groups is 1. The lowest BCUT2D eigenvalue weighted by Crippen LogP contribution is -2.23. The van der Waals surface area contributed by atoms with Crippen LogP contribution in [0.2, 0.25) is 10.0 Å². The van der Waals surface area contributed by atoms with E-state index in [1.54, 1.807) is 42.5 Å². The summed E-state index contributed by atoms with van der Waals surface area (Å²) in [6.07, 6.45) is -0.205. The molecule has 2 aromatic rings. The molecule has 0 fully saturated rings. The van der Waals surface area contributed by atoms with Gasteiger partial charge < -0.3 is 21.2 Å². The summed E-state index contributed by atoms with van der Waals surface area (Å²) in [5.74, 6) is -0.901. The maximum atomic E-state index is 11.9. The average molecular weight is 409 g/mol. The SMILES string of the molecule is Cc1cc(Cl)ccc1NC(=O)CO/N=C(/N)CC(=O)Nc1ccccc1Cl. The molecule has 0 saturated carbocycles. The highest BCUT2D eigenvalue weighted by molar-refractivity contribution is 6.33. The van der Waals surface area contributed by atoms with E-state index in [1.807, 2.05) is 6.92 Å².